The zero-order valence-electron chi connectivity index (χ0n) is 13.1. The highest BCUT2D eigenvalue weighted by molar-refractivity contribution is 5.89. The van der Waals surface area contributed by atoms with Gasteiger partial charge in [0.15, 0.2) is 5.82 Å². The molecule has 1 saturated heterocycles. The number of rotatable bonds is 4. The van der Waals surface area contributed by atoms with Crippen LogP contribution in [0.25, 0.3) is 11.4 Å². The third kappa shape index (κ3) is 4.26. The van der Waals surface area contributed by atoms with E-state index >= 15 is 0 Å². The molecule has 1 aliphatic heterocycles. The van der Waals surface area contributed by atoms with E-state index in [2.05, 4.69) is 20.6 Å². The third-order valence-corrected chi connectivity index (χ3v) is 3.71. The number of urea groups is 1. The lowest BCUT2D eigenvalue weighted by atomic mass is 10.2. The van der Waals surface area contributed by atoms with Crippen LogP contribution in [0.1, 0.15) is 18.5 Å². The number of aryl methyl sites for hydroxylation is 1. The van der Waals surface area contributed by atoms with Gasteiger partial charge in [-0.2, -0.15) is 0 Å². The summed E-state index contributed by atoms with van der Waals surface area (Å²) in [5, 5.41) is 5.64. The summed E-state index contributed by atoms with van der Waals surface area (Å²) in [5.41, 5.74) is 2.57. The predicted octanol–water partition coefficient (Wildman–Crippen LogP) is 2.75. The number of amides is 2. The van der Waals surface area contributed by atoms with Crippen LogP contribution < -0.4 is 10.6 Å². The molecular weight excluding hydrogens is 292 g/mol. The molecule has 0 bridgehead atoms. The number of hydrogen-bond acceptors (Lipinski definition) is 4. The van der Waals surface area contributed by atoms with Gasteiger partial charge in [-0.1, -0.05) is 0 Å². The Labute approximate surface area is 135 Å². The van der Waals surface area contributed by atoms with Crippen molar-refractivity contribution in [2.75, 3.05) is 18.5 Å². The second-order valence-electron chi connectivity index (χ2n) is 5.57. The highest BCUT2D eigenvalue weighted by Gasteiger charge is 2.16. The van der Waals surface area contributed by atoms with Crippen LogP contribution in [0.4, 0.5) is 10.5 Å². The fourth-order valence-corrected chi connectivity index (χ4v) is 2.48. The van der Waals surface area contributed by atoms with E-state index in [-0.39, 0.29) is 12.1 Å². The largest absolute Gasteiger partial charge is 0.376 e. The molecule has 2 amide bonds. The smallest absolute Gasteiger partial charge is 0.319 e. The van der Waals surface area contributed by atoms with Gasteiger partial charge in [-0.25, -0.2) is 14.8 Å². The number of anilines is 1. The summed E-state index contributed by atoms with van der Waals surface area (Å²) >= 11 is 0. The average Bonchev–Trinajstić information content (AvgIpc) is 3.07. The number of carbonyl (C=O) groups is 1. The van der Waals surface area contributed by atoms with Crippen molar-refractivity contribution in [3.05, 3.63) is 42.2 Å². The Morgan fingerprint density at radius 2 is 2.13 bits per heavy atom. The van der Waals surface area contributed by atoms with Crippen LogP contribution in [0, 0.1) is 6.92 Å². The summed E-state index contributed by atoms with van der Waals surface area (Å²) in [5.74, 6) is 0.680. The van der Waals surface area contributed by atoms with Crippen LogP contribution >= 0.6 is 0 Å². The van der Waals surface area contributed by atoms with Gasteiger partial charge in [-0.3, -0.25) is 0 Å². The molecule has 0 spiro atoms. The van der Waals surface area contributed by atoms with Crippen molar-refractivity contribution in [1.29, 1.82) is 0 Å². The number of nitrogens with one attached hydrogen (secondary N) is 2. The Balaban J connectivity index is 1.55. The van der Waals surface area contributed by atoms with E-state index in [9.17, 15) is 4.79 Å². The normalized spacial score (nSPS) is 17.0. The lowest BCUT2D eigenvalue weighted by Crippen LogP contribution is -2.34. The van der Waals surface area contributed by atoms with Gasteiger partial charge in [0.1, 0.15) is 0 Å². The zero-order valence-corrected chi connectivity index (χ0v) is 13.1. The molecule has 1 aromatic carbocycles. The van der Waals surface area contributed by atoms with Crippen LogP contribution in [0.3, 0.4) is 0 Å². The molecular formula is C17H20N4O2. The lowest BCUT2D eigenvalue weighted by molar-refractivity contribution is 0.112. The first-order chi connectivity index (χ1) is 11.2. The molecule has 6 nitrogen and oxygen atoms in total. The Morgan fingerprint density at radius 1 is 1.30 bits per heavy atom. The molecule has 0 saturated carbocycles. The summed E-state index contributed by atoms with van der Waals surface area (Å²) in [6.45, 7) is 3.26. The van der Waals surface area contributed by atoms with Crippen molar-refractivity contribution < 1.29 is 9.53 Å². The van der Waals surface area contributed by atoms with Gasteiger partial charge in [0.25, 0.3) is 0 Å². The van der Waals surface area contributed by atoms with Gasteiger partial charge in [0.05, 0.1) is 6.10 Å². The Hall–Kier alpha value is -2.47. The maximum Gasteiger partial charge on any atom is 0.319 e. The van der Waals surface area contributed by atoms with Gasteiger partial charge in [0, 0.05) is 36.3 Å². The minimum atomic E-state index is -0.222. The number of hydrogen-bond donors (Lipinski definition) is 2. The molecule has 1 aromatic heterocycles. The van der Waals surface area contributed by atoms with Crippen LogP contribution in [0.15, 0.2) is 36.5 Å². The van der Waals surface area contributed by atoms with Crippen molar-refractivity contribution in [3.8, 4) is 11.4 Å². The minimum absolute atomic E-state index is 0.140. The second kappa shape index (κ2) is 7.19. The Morgan fingerprint density at radius 3 is 2.83 bits per heavy atom. The second-order valence-corrected chi connectivity index (χ2v) is 5.57. The van der Waals surface area contributed by atoms with E-state index in [0.717, 1.165) is 36.4 Å². The summed E-state index contributed by atoms with van der Waals surface area (Å²) < 4.78 is 5.47. The maximum absolute atomic E-state index is 11.9. The molecule has 120 valence electrons. The monoisotopic (exact) mass is 312 g/mol. The van der Waals surface area contributed by atoms with Crippen LogP contribution in [0.2, 0.25) is 0 Å². The SMILES string of the molecule is Cc1ccnc(-c2ccc(NC(=O)NCC3CCCO3)cc2)n1. The van der Waals surface area contributed by atoms with Crippen molar-refractivity contribution in [3.63, 3.8) is 0 Å². The molecule has 2 heterocycles. The van der Waals surface area contributed by atoms with E-state index in [1.807, 2.05) is 37.3 Å². The number of ether oxygens (including phenoxy) is 1. The molecule has 0 radical (unpaired) electrons. The molecule has 23 heavy (non-hydrogen) atoms. The topological polar surface area (TPSA) is 76.1 Å². The number of nitrogens with zero attached hydrogens (tertiary/aromatic N) is 2. The molecule has 6 heteroatoms. The number of carbonyl (C=O) groups excluding carboxylic acids is 1. The fraction of sp³-hybridized carbons (Fsp3) is 0.353. The van der Waals surface area contributed by atoms with Crippen LogP contribution in [-0.2, 0) is 4.74 Å². The Kier molecular flexibility index (Phi) is 4.83. The molecule has 2 N–H and O–H groups in total. The van der Waals surface area contributed by atoms with Crippen molar-refractivity contribution in [2.45, 2.75) is 25.9 Å². The molecule has 1 unspecified atom stereocenters. The number of benzene rings is 1. The van der Waals surface area contributed by atoms with Gasteiger partial charge in [-0.05, 0) is 50.1 Å². The average molecular weight is 312 g/mol. The predicted molar refractivity (Wildman–Crippen MR) is 88.2 cm³/mol. The van der Waals surface area contributed by atoms with E-state index in [1.54, 1.807) is 6.20 Å². The summed E-state index contributed by atoms with van der Waals surface area (Å²) in [6, 6.07) is 9.10. The van der Waals surface area contributed by atoms with E-state index in [0.29, 0.717) is 12.4 Å². The van der Waals surface area contributed by atoms with E-state index in [1.165, 1.54) is 0 Å². The fourth-order valence-electron chi connectivity index (χ4n) is 2.48. The highest BCUT2D eigenvalue weighted by Crippen LogP contribution is 2.18. The Bertz CT molecular complexity index is 667. The van der Waals surface area contributed by atoms with Crippen molar-refractivity contribution >= 4 is 11.7 Å². The molecule has 0 aliphatic carbocycles. The number of aromatic nitrogens is 2. The standard InChI is InChI=1S/C17H20N4O2/c1-12-8-9-18-16(20-12)13-4-6-14(7-5-13)21-17(22)19-11-15-3-2-10-23-15/h4-9,15H,2-3,10-11H2,1H3,(H2,19,21,22). The van der Waals surface area contributed by atoms with Gasteiger partial charge in [0.2, 0.25) is 0 Å². The highest BCUT2D eigenvalue weighted by atomic mass is 16.5. The third-order valence-electron chi connectivity index (χ3n) is 3.71. The summed E-state index contributed by atoms with van der Waals surface area (Å²) in [6.07, 6.45) is 3.95. The lowest BCUT2D eigenvalue weighted by Gasteiger charge is -2.12. The van der Waals surface area contributed by atoms with Crippen LogP contribution in [0.5, 0.6) is 0 Å². The zero-order chi connectivity index (χ0) is 16.1. The van der Waals surface area contributed by atoms with Crippen LogP contribution in [-0.4, -0.2) is 35.3 Å². The van der Waals surface area contributed by atoms with Gasteiger partial charge < -0.3 is 15.4 Å². The first kappa shape index (κ1) is 15.4. The minimum Gasteiger partial charge on any atom is -0.376 e. The van der Waals surface area contributed by atoms with E-state index in [4.69, 9.17) is 4.74 Å². The summed E-state index contributed by atoms with van der Waals surface area (Å²) in [4.78, 5) is 20.5. The molecule has 1 atom stereocenters. The quantitative estimate of drug-likeness (QED) is 0.910. The molecule has 3 rings (SSSR count). The maximum atomic E-state index is 11.9. The molecule has 1 fully saturated rings. The first-order valence-corrected chi connectivity index (χ1v) is 7.77. The summed E-state index contributed by atoms with van der Waals surface area (Å²) in [7, 11) is 0. The van der Waals surface area contributed by atoms with Crippen molar-refractivity contribution in [1.82, 2.24) is 15.3 Å². The first-order valence-electron chi connectivity index (χ1n) is 7.77. The molecule has 2 aromatic rings. The van der Waals surface area contributed by atoms with Gasteiger partial charge in [-0.15, -0.1) is 0 Å². The van der Waals surface area contributed by atoms with E-state index < -0.39 is 0 Å². The van der Waals surface area contributed by atoms with Gasteiger partial charge >= 0.3 is 6.03 Å². The molecule has 1 aliphatic rings. The van der Waals surface area contributed by atoms with Crippen molar-refractivity contribution in [2.24, 2.45) is 0 Å².